The lowest BCUT2D eigenvalue weighted by molar-refractivity contribution is 0.103. The molecule has 0 saturated heterocycles. The minimum Gasteiger partial charge on any atom is -0.330 e. The van der Waals surface area contributed by atoms with E-state index in [1.807, 2.05) is 0 Å². The van der Waals surface area contributed by atoms with Gasteiger partial charge in [-0.3, -0.25) is 0 Å². The van der Waals surface area contributed by atoms with E-state index in [-0.39, 0.29) is 0 Å². The molecule has 2 nitrogen and oxygen atoms in total. The van der Waals surface area contributed by atoms with Gasteiger partial charge in [0.1, 0.15) is 0 Å². The molecule has 5 atom stereocenters. The van der Waals surface area contributed by atoms with Crippen LogP contribution in [0.1, 0.15) is 65.7 Å². The van der Waals surface area contributed by atoms with Gasteiger partial charge in [-0.2, -0.15) is 0 Å². The highest BCUT2D eigenvalue weighted by Crippen LogP contribution is 2.65. The Morgan fingerprint density at radius 1 is 1.11 bits per heavy atom. The predicted molar refractivity (Wildman–Crippen MR) is 81.0 cm³/mol. The molecule has 3 saturated carbocycles. The molecule has 0 aliphatic heterocycles. The van der Waals surface area contributed by atoms with Crippen LogP contribution in [0.5, 0.6) is 0 Å². The van der Waals surface area contributed by atoms with E-state index in [4.69, 9.17) is 5.73 Å². The number of fused-ring (bicyclic) bond motifs is 2. The lowest BCUT2D eigenvalue weighted by atomic mass is 9.68. The van der Waals surface area contributed by atoms with Gasteiger partial charge in [-0.25, -0.2) is 0 Å². The zero-order valence-corrected chi connectivity index (χ0v) is 13.0. The average Bonchev–Trinajstić information content (AvgIpc) is 2.72. The Hall–Kier alpha value is -0.0800. The third kappa shape index (κ3) is 1.98. The summed E-state index contributed by atoms with van der Waals surface area (Å²) in [4.78, 5) is 0. The second-order valence-electron chi connectivity index (χ2n) is 8.22. The van der Waals surface area contributed by atoms with Crippen molar-refractivity contribution in [2.75, 3.05) is 6.54 Å². The van der Waals surface area contributed by atoms with Crippen molar-refractivity contribution in [2.45, 2.75) is 77.8 Å². The summed E-state index contributed by atoms with van der Waals surface area (Å²) in [5.74, 6) is 1.66. The van der Waals surface area contributed by atoms with Crippen LogP contribution in [0.3, 0.4) is 0 Å². The zero-order valence-electron chi connectivity index (χ0n) is 13.0. The van der Waals surface area contributed by atoms with Crippen molar-refractivity contribution in [3.05, 3.63) is 0 Å². The van der Waals surface area contributed by atoms with Gasteiger partial charge in [-0.15, -0.1) is 0 Å². The summed E-state index contributed by atoms with van der Waals surface area (Å²) in [5, 5.41) is 4.07. The summed E-state index contributed by atoms with van der Waals surface area (Å²) >= 11 is 0. The number of hydrogen-bond donors (Lipinski definition) is 2. The van der Waals surface area contributed by atoms with Crippen LogP contribution in [-0.2, 0) is 0 Å². The molecular weight excluding hydrogens is 232 g/mol. The van der Waals surface area contributed by atoms with Crippen molar-refractivity contribution in [1.82, 2.24) is 5.32 Å². The molecule has 0 aromatic heterocycles. The van der Waals surface area contributed by atoms with Gasteiger partial charge in [0.25, 0.3) is 0 Å². The minimum atomic E-state index is 0.508. The maximum Gasteiger partial charge on any atom is 0.0132 e. The molecule has 2 bridgehead atoms. The molecule has 3 aliphatic rings. The molecule has 3 rings (SSSR count). The van der Waals surface area contributed by atoms with Gasteiger partial charge < -0.3 is 11.1 Å². The predicted octanol–water partition coefficient (Wildman–Crippen LogP) is 3.31. The zero-order chi connectivity index (χ0) is 13.7. The smallest absolute Gasteiger partial charge is 0.0132 e. The molecule has 0 heterocycles. The Kier molecular flexibility index (Phi) is 3.46. The fourth-order valence-corrected chi connectivity index (χ4v) is 5.42. The Morgan fingerprint density at radius 2 is 1.84 bits per heavy atom. The Balaban J connectivity index is 1.71. The van der Waals surface area contributed by atoms with Crippen LogP contribution in [0.15, 0.2) is 0 Å². The normalized spacial score (nSPS) is 48.6. The highest BCUT2D eigenvalue weighted by molar-refractivity contribution is 5.13. The summed E-state index contributed by atoms with van der Waals surface area (Å²) in [5.41, 5.74) is 7.02. The number of nitrogens with two attached hydrogens (primary N) is 1. The van der Waals surface area contributed by atoms with Crippen LogP contribution >= 0.6 is 0 Å². The van der Waals surface area contributed by atoms with E-state index in [9.17, 15) is 0 Å². The lowest BCUT2D eigenvalue weighted by Gasteiger charge is -2.43. The second-order valence-corrected chi connectivity index (χ2v) is 8.22. The molecule has 3 aliphatic carbocycles. The molecule has 5 unspecified atom stereocenters. The quantitative estimate of drug-likeness (QED) is 0.821. The maximum absolute atomic E-state index is 5.99. The number of hydrogen-bond acceptors (Lipinski definition) is 2. The molecule has 0 amide bonds. The van der Waals surface area contributed by atoms with E-state index in [1.165, 1.54) is 44.9 Å². The molecule has 0 radical (unpaired) electrons. The van der Waals surface area contributed by atoms with Crippen molar-refractivity contribution in [2.24, 2.45) is 28.4 Å². The van der Waals surface area contributed by atoms with Crippen molar-refractivity contribution in [3.8, 4) is 0 Å². The van der Waals surface area contributed by atoms with E-state index in [0.29, 0.717) is 16.9 Å². The summed E-state index contributed by atoms with van der Waals surface area (Å²) in [6.07, 6.45) is 9.73. The minimum absolute atomic E-state index is 0.508. The first kappa shape index (κ1) is 13.9. The van der Waals surface area contributed by atoms with Gasteiger partial charge in [0.05, 0.1) is 0 Å². The molecule has 3 fully saturated rings. The van der Waals surface area contributed by atoms with Crippen molar-refractivity contribution >= 4 is 0 Å². The third-order valence-electron chi connectivity index (χ3n) is 7.42. The van der Waals surface area contributed by atoms with Gasteiger partial charge in [0.15, 0.2) is 0 Å². The summed E-state index contributed by atoms with van der Waals surface area (Å²) in [7, 11) is 0. The van der Waals surface area contributed by atoms with E-state index in [2.05, 4.69) is 26.1 Å². The molecular formula is C17H32N2. The fraction of sp³-hybridized carbons (Fsp3) is 1.00. The van der Waals surface area contributed by atoms with Crippen LogP contribution in [0.2, 0.25) is 0 Å². The second kappa shape index (κ2) is 4.73. The van der Waals surface area contributed by atoms with Crippen molar-refractivity contribution < 1.29 is 0 Å². The van der Waals surface area contributed by atoms with Crippen LogP contribution in [0.25, 0.3) is 0 Å². The largest absolute Gasteiger partial charge is 0.330 e. The highest BCUT2D eigenvalue weighted by atomic mass is 15.0. The van der Waals surface area contributed by atoms with Gasteiger partial charge >= 0.3 is 0 Å². The molecule has 110 valence electrons. The van der Waals surface area contributed by atoms with Gasteiger partial charge in [0, 0.05) is 12.1 Å². The van der Waals surface area contributed by atoms with Crippen LogP contribution in [0.4, 0.5) is 0 Å². The topological polar surface area (TPSA) is 38.0 Å². The Bertz CT molecular complexity index is 338. The molecule has 0 aromatic carbocycles. The summed E-state index contributed by atoms with van der Waals surface area (Å²) in [6.45, 7) is 8.42. The van der Waals surface area contributed by atoms with Crippen molar-refractivity contribution in [1.29, 1.82) is 0 Å². The van der Waals surface area contributed by atoms with Crippen LogP contribution in [0, 0.1) is 22.7 Å². The summed E-state index contributed by atoms with van der Waals surface area (Å²) in [6, 6.07) is 1.43. The fourth-order valence-electron chi connectivity index (χ4n) is 5.42. The van der Waals surface area contributed by atoms with Crippen LogP contribution in [-0.4, -0.2) is 18.6 Å². The molecule has 19 heavy (non-hydrogen) atoms. The average molecular weight is 264 g/mol. The standard InChI is InChI=1S/C17H32N2/c1-16(2)13-8-9-17(16,3)15(10-13)19-14-7-5-4-6-12(14)11-18/h12-15,19H,4-11,18H2,1-3H3. The molecule has 0 spiro atoms. The molecule has 2 heteroatoms. The first-order valence-electron chi connectivity index (χ1n) is 8.45. The summed E-state index contributed by atoms with van der Waals surface area (Å²) < 4.78 is 0. The highest BCUT2D eigenvalue weighted by Gasteiger charge is 2.61. The van der Waals surface area contributed by atoms with Gasteiger partial charge in [-0.1, -0.05) is 33.6 Å². The van der Waals surface area contributed by atoms with Gasteiger partial charge in [0.2, 0.25) is 0 Å². The monoisotopic (exact) mass is 264 g/mol. The first-order valence-corrected chi connectivity index (χ1v) is 8.45. The molecule has 0 aromatic rings. The van der Waals surface area contributed by atoms with Crippen molar-refractivity contribution in [3.63, 3.8) is 0 Å². The Labute approximate surface area is 118 Å². The van der Waals surface area contributed by atoms with Crippen LogP contribution < -0.4 is 11.1 Å². The lowest BCUT2D eigenvalue weighted by Crippen LogP contribution is -2.52. The van der Waals surface area contributed by atoms with E-state index >= 15 is 0 Å². The van der Waals surface area contributed by atoms with E-state index in [0.717, 1.165) is 24.4 Å². The van der Waals surface area contributed by atoms with E-state index < -0.39 is 0 Å². The Morgan fingerprint density at radius 3 is 2.42 bits per heavy atom. The number of nitrogens with one attached hydrogen (secondary N) is 1. The molecule has 3 N–H and O–H groups in total. The van der Waals surface area contributed by atoms with Gasteiger partial charge in [-0.05, 0) is 61.3 Å². The number of rotatable bonds is 3. The maximum atomic E-state index is 5.99. The third-order valence-corrected chi connectivity index (χ3v) is 7.42. The SMILES string of the molecule is CC1(C)C2CCC1(C)C(NC1CCCCC1CN)C2. The van der Waals surface area contributed by atoms with E-state index in [1.54, 1.807) is 0 Å². The first-order chi connectivity index (χ1) is 8.99.